The van der Waals surface area contributed by atoms with E-state index in [4.69, 9.17) is 14.5 Å². The van der Waals surface area contributed by atoms with E-state index in [1.165, 1.54) is 10.9 Å². The summed E-state index contributed by atoms with van der Waals surface area (Å²) < 4.78 is 14.8. The highest BCUT2D eigenvalue weighted by Crippen LogP contribution is 2.37. The third kappa shape index (κ3) is 3.22. The summed E-state index contributed by atoms with van der Waals surface area (Å²) >= 11 is 1.58. The molecule has 4 aromatic heterocycles. The molecule has 0 aliphatic carbocycles. The minimum Gasteiger partial charge on any atom is -0.493 e. The van der Waals surface area contributed by atoms with Crippen LogP contribution in [0.3, 0.4) is 0 Å². The Bertz CT molecular complexity index is 1350. The number of aryl methyl sites for hydroxylation is 1. The Kier molecular flexibility index (Phi) is 4.34. The van der Waals surface area contributed by atoms with E-state index < -0.39 is 0 Å². The zero-order valence-electron chi connectivity index (χ0n) is 17.2. The molecule has 2 aliphatic heterocycles. The summed E-state index contributed by atoms with van der Waals surface area (Å²) in [4.78, 5) is 24.0. The van der Waals surface area contributed by atoms with Gasteiger partial charge in [-0.25, -0.2) is 14.5 Å². The van der Waals surface area contributed by atoms with Gasteiger partial charge in [-0.3, -0.25) is 9.20 Å². The van der Waals surface area contributed by atoms with Crippen molar-refractivity contribution in [1.82, 2.24) is 29.3 Å². The normalized spacial score (nSPS) is 23.5. The highest BCUT2D eigenvalue weighted by molar-refractivity contribution is 7.17. The van der Waals surface area contributed by atoms with Gasteiger partial charge in [-0.15, -0.1) is 11.3 Å². The number of rotatable bonds is 3. The van der Waals surface area contributed by atoms with Gasteiger partial charge in [0.2, 0.25) is 0 Å². The number of hydrogen-bond donors (Lipinski definition) is 1. The minimum atomic E-state index is -0.112. The lowest BCUT2D eigenvalue weighted by molar-refractivity contribution is -0.0777. The third-order valence-corrected chi connectivity index (χ3v) is 7.15. The standard InChI is InChI=1S/C21H22N6O3S/c1-11-9-27-20(23-11)17(29-2)5-16(25-27)15-6-19(28)26-10-18(31-21(26)24-15)12-3-13-7-22-8-14(4-12)30-13/h5-6,9-10,12-14,22H,3-4,7-8H2,1-2H3/t12?,13-,14+. The summed E-state index contributed by atoms with van der Waals surface area (Å²) in [5.74, 6) is 0.984. The van der Waals surface area contributed by atoms with Crippen molar-refractivity contribution < 1.29 is 9.47 Å². The van der Waals surface area contributed by atoms with Crippen molar-refractivity contribution in [3.63, 3.8) is 0 Å². The number of methoxy groups -OCH3 is 1. The van der Waals surface area contributed by atoms with E-state index in [1.54, 1.807) is 33.4 Å². The van der Waals surface area contributed by atoms with Crippen LogP contribution in [0.1, 0.15) is 29.3 Å². The molecular formula is C21H22N6O3S. The molecule has 1 N–H and O–H groups in total. The molecule has 3 atom stereocenters. The van der Waals surface area contributed by atoms with Crippen molar-refractivity contribution >= 4 is 21.9 Å². The monoisotopic (exact) mass is 438 g/mol. The number of morpholine rings is 1. The van der Waals surface area contributed by atoms with E-state index in [0.29, 0.717) is 33.7 Å². The van der Waals surface area contributed by atoms with Gasteiger partial charge in [-0.1, -0.05) is 0 Å². The van der Waals surface area contributed by atoms with E-state index >= 15 is 0 Å². The Morgan fingerprint density at radius 1 is 1.16 bits per heavy atom. The Hall–Kier alpha value is -2.82. The zero-order chi connectivity index (χ0) is 21.1. The summed E-state index contributed by atoms with van der Waals surface area (Å²) in [6.07, 6.45) is 6.19. The molecule has 2 saturated heterocycles. The van der Waals surface area contributed by atoms with Gasteiger partial charge in [0.1, 0.15) is 5.69 Å². The summed E-state index contributed by atoms with van der Waals surface area (Å²) in [6.45, 7) is 3.69. The molecule has 160 valence electrons. The lowest BCUT2D eigenvalue weighted by atomic mass is 9.89. The van der Waals surface area contributed by atoms with Crippen molar-refractivity contribution in [2.75, 3.05) is 20.2 Å². The molecule has 2 aliphatic rings. The molecule has 0 radical (unpaired) electrons. The van der Waals surface area contributed by atoms with Gasteiger partial charge >= 0.3 is 0 Å². The van der Waals surface area contributed by atoms with Crippen molar-refractivity contribution in [3.8, 4) is 17.1 Å². The maximum absolute atomic E-state index is 12.9. The van der Waals surface area contributed by atoms with Crippen LogP contribution in [0.25, 0.3) is 22.0 Å². The van der Waals surface area contributed by atoms with Crippen molar-refractivity contribution in [2.45, 2.75) is 37.9 Å². The first kappa shape index (κ1) is 18.9. The Morgan fingerprint density at radius 2 is 1.97 bits per heavy atom. The smallest absolute Gasteiger partial charge is 0.259 e. The topological polar surface area (TPSA) is 95.0 Å². The zero-order valence-corrected chi connectivity index (χ0v) is 18.1. The first-order chi connectivity index (χ1) is 15.1. The van der Waals surface area contributed by atoms with Gasteiger partial charge in [0, 0.05) is 36.3 Å². The second-order valence-corrected chi connectivity index (χ2v) is 9.26. The lowest BCUT2D eigenvalue weighted by Crippen LogP contribution is -2.49. The van der Waals surface area contributed by atoms with Crippen LogP contribution in [0.15, 0.2) is 29.3 Å². The highest BCUT2D eigenvalue weighted by Gasteiger charge is 2.34. The summed E-state index contributed by atoms with van der Waals surface area (Å²) in [6, 6.07) is 3.31. The molecule has 1 unspecified atom stereocenters. The first-order valence-electron chi connectivity index (χ1n) is 10.4. The molecule has 0 aromatic carbocycles. The number of ether oxygens (including phenoxy) is 2. The molecule has 31 heavy (non-hydrogen) atoms. The quantitative estimate of drug-likeness (QED) is 0.523. The van der Waals surface area contributed by atoms with E-state index in [1.807, 2.05) is 19.3 Å². The molecule has 6 heterocycles. The molecule has 10 heteroatoms. The van der Waals surface area contributed by atoms with Gasteiger partial charge in [0.15, 0.2) is 16.4 Å². The summed E-state index contributed by atoms with van der Waals surface area (Å²) in [7, 11) is 1.60. The number of aromatic nitrogens is 5. The van der Waals surface area contributed by atoms with Crippen LogP contribution >= 0.6 is 11.3 Å². The van der Waals surface area contributed by atoms with Crippen LogP contribution in [0.5, 0.6) is 5.75 Å². The molecule has 0 saturated carbocycles. The molecule has 4 aromatic rings. The van der Waals surface area contributed by atoms with Crippen molar-refractivity contribution in [2.24, 2.45) is 0 Å². The largest absolute Gasteiger partial charge is 0.493 e. The number of nitrogens with zero attached hydrogens (tertiary/aromatic N) is 5. The van der Waals surface area contributed by atoms with Crippen LogP contribution < -0.4 is 15.6 Å². The van der Waals surface area contributed by atoms with Crippen molar-refractivity contribution in [1.29, 1.82) is 0 Å². The van der Waals surface area contributed by atoms with E-state index in [0.717, 1.165) is 31.6 Å². The number of imidazole rings is 1. The Labute approximate surface area is 181 Å². The maximum Gasteiger partial charge on any atom is 0.259 e. The van der Waals surface area contributed by atoms with Gasteiger partial charge in [-0.2, -0.15) is 5.10 Å². The molecular weight excluding hydrogens is 416 g/mol. The average molecular weight is 439 g/mol. The number of thiazole rings is 1. The summed E-state index contributed by atoms with van der Waals surface area (Å²) in [5, 5.41) is 8.03. The maximum atomic E-state index is 12.9. The number of hydrogen-bond acceptors (Lipinski definition) is 8. The molecule has 0 spiro atoms. The number of nitrogens with one attached hydrogen (secondary N) is 1. The third-order valence-electron chi connectivity index (χ3n) is 6.01. The Morgan fingerprint density at radius 3 is 2.74 bits per heavy atom. The first-order valence-corrected chi connectivity index (χ1v) is 11.2. The van der Waals surface area contributed by atoms with Gasteiger partial charge < -0.3 is 14.8 Å². The van der Waals surface area contributed by atoms with Gasteiger partial charge in [0.25, 0.3) is 5.56 Å². The molecule has 2 fully saturated rings. The van der Waals surface area contributed by atoms with E-state index in [2.05, 4.69) is 15.4 Å². The van der Waals surface area contributed by atoms with Crippen LogP contribution in [0.2, 0.25) is 0 Å². The fourth-order valence-corrected chi connectivity index (χ4v) is 5.71. The fourth-order valence-electron chi connectivity index (χ4n) is 4.59. The average Bonchev–Trinajstić information content (AvgIpc) is 3.35. The molecule has 0 amide bonds. The van der Waals surface area contributed by atoms with Crippen LogP contribution in [0, 0.1) is 6.92 Å². The SMILES string of the molecule is COc1cc(-c2cc(=O)n3cc(C4C[C@H]5CNC[C@@H](C4)O5)sc3n2)nn2cc(C)nc12. The van der Waals surface area contributed by atoms with E-state index in [9.17, 15) is 4.79 Å². The van der Waals surface area contributed by atoms with E-state index in [-0.39, 0.29) is 17.8 Å². The van der Waals surface area contributed by atoms with Crippen LogP contribution in [0.4, 0.5) is 0 Å². The highest BCUT2D eigenvalue weighted by atomic mass is 32.1. The lowest BCUT2D eigenvalue weighted by Gasteiger charge is -2.39. The minimum absolute atomic E-state index is 0.112. The Balaban J connectivity index is 1.42. The van der Waals surface area contributed by atoms with Crippen molar-refractivity contribution in [3.05, 3.63) is 45.5 Å². The van der Waals surface area contributed by atoms with Gasteiger partial charge in [0.05, 0.1) is 36.9 Å². The van der Waals surface area contributed by atoms with Crippen LogP contribution in [-0.4, -0.2) is 56.4 Å². The predicted octanol–water partition coefficient (Wildman–Crippen LogP) is 2.02. The van der Waals surface area contributed by atoms with Gasteiger partial charge in [-0.05, 0) is 25.7 Å². The molecule has 9 nitrogen and oxygen atoms in total. The molecule has 2 bridgehead atoms. The number of fused-ring (bicyclic) bond motifs is 4. The second kappa shape index (κ2) is 7.11. The molecule has 6 rings (SSSR count). The fraction of sp³-hybridized carbons (Fsp3) is 0.429. The van der Waals surface area contributed by atoms with Crippen LogP contribution in [-0.2, 0) is 4.74 Å². The summed E-state index contributed by atoms with van der Waals surface area (Å²) in [5.41, 5.74) is 2.46. The second-order valence-electron chi connectivity index (χ2n) is 8.22. The predicted molar refractivity (Wildman–Crippen MR) is 116 cm³/mol.